The van der Waals surface area contributed by atoms with Crippen LogP contribution in [-0.2, 0) is 14.3 Å². The third-order valence-corrected chi connectivity index (χ3v) is 5.77. The molecule has 124 valence electrons. The molecule has 0 aromatic rings. The lowest BCUT2D eigenvalue weighted by molar-refractivity contribution is -0.130. The molecule has 1 saturated heterocycles. The predicted molar refractivity (Wildman–Crippen MR) is 91.7 cm³/mol. The topological polar surface area (TPSA) is 38.8 Å². The average Bonchev–Trinajstić information content (AvgIpc) is 2.51. The number of ether oxygens (including phenoxy) is 2. The van der Waals surface area contributed by atoms with E-state index < -0.39 is 8.07 Å². The second kappa shape index (κ2) is 8.08. The van der Waals surface area contributed by atoms with E-state index in [1.165, 1.54) is 6.04 Å². The summed E-state index contributed by atoms with van der Waals surface area (Å²) in [6.07, 6.45) is 7.05. The van der Waals surface area contributed by atoms with Crippen LogP contribution < -0.4 is 0 Å². The first kappa shape index (κ1) is 17.4. The van der Waals surface area contributed by atoms with E-state index in [2.05, 4.69) is 31.8 Å². The van der Waals surface area contributed by atoms with Crippen LogP contribution in [0.1, 0.15) is 6.42 Å². The first-order valence-electron chi connectivity index (χ1n) is 8.29. The van der Waals surface area contributed by atoms with Gasteiger partial charge in [-0.25, -0.2) is 0 Å². The summed E-state index contributed by atoms with van der Waals surface area (Å²) in [5, 5.41) is 0. The zero-order chi connectivity index (χ0) is 16.0. The third-order valence-electron chi connectivity index (χ3n) is 4.06. The highest BCUT2D eigenvalue weighted by atomic mass is 28.3. The van der Waals surface area contributed by atoms with Crippen molar-refractivity contribution in [3.05, 3.63) is 23.8 Å². The number of amides is 1. The molecule has 0 radical (unpaired) electrons. The maximum Gasteiger partial charge on any atom is 0.253 e. The molecule has 22 heavy (non-hydrogen) atoms. The van der Waals surface area contributed by atoms with Crippen LogP contribution in [0.5, 0.6) is 0 Å². The summed E-state index contributed by atoms with van der Waals surface area (Å²) in [6.45, 7) is 11.4. The van der Waals surface area contributed by atoms with Gasteiger partial charge < -0.3 is 14.4 Å². The van der Waals surface area contributed by atoms with Crippen molar-refractivity contribution in [1.82, 2.24) is 4.90 Å². The molecule has 4 nitrogen and oxygen atoms in total. The van der Waals surface area contributed by atoms with Crippen LogP contribution in [0.15, 0.2) is 23.8 Å². The largest absolute Gasteiger partial charge is 0.381 e. The normalized spacial score (nSPS) is 22.6. The van der Waals surface area contributed by atoms with Gasteiger partial charge in [0.2, 0.25) is 0 Å². The van der Waals surface area contributed by atoms with E-state index >= 15 is 0 Å². The Bertz CT molecular complexity index is 434. The predicted octanol–water partition coefficient (Wildman–Crippen LogP) is 2.70. The quantitative estimate of drug-likeness (QED) is 0.557. The molecule has 1 heterocycles. The number of hydrogen-bond donors (Lipinski definition) is 0. The molecule has 1 fully saturated rings. The summed E-state index contributed by atoms with van der Waals surface area (Å²) in [7, 11) is -1.00. The van der Waals surface area contributed by atoms with Crippen LogP contribution in [0.25, 0.3) is 0 Å². The van der Waals surface area contributed by atoms with Gasteiger partial charge in [-0.15, -0.1) is 0 Å². The Morgan fingerprint density at radius 1 is 1.36 bits per heavy atom. The molecule has 1 aliphatic heterocycles. The van der Waals surface area contributed by atoms with Gasteiger partial charge in [0.1, 0.15) is 0 Å². The number of morpholine rings is 1. The Kier molecular flexibility index (Phi) is 6.41. The number of rotatable bonds is 6. The van der Waals surface area contributed by atoms with E-state index in [9.17, 15) is 4.79 Å². The van der Waals surface area contributed by atoms with Gasteiger partial charge in [-0.1, -0.05) is 37.9 Å². The molecule has 1 amide bonds. The van der Waals surface area contributed by atoms with Gasteiger partial charge in [-0.05, 0) is 12.5 Å². The lowest BCUT2D eigenvalue weighted by atomic mass is 9.96. The lowest BCUT2D eigenvalue weighted by Gasteiger charge is -2.28. The van der Waals surface area contributed by atoms with Crippen LogP contribution in [-0.4, -0.2) is 58.4 Å². The monoisotopic (exact) mass is 323 g/mol. The first-order chi connectivity index (χ1) is 10.5. The first-order valence-corrected chi connectivity index (χ1v) is 12.0. The molecule has 0 aromatic heterocycles. The maximum atomic E-state index is 12.4. The minimum atomic E-state index is -1.00. The Morgan fingerprint density at radius 2 is 2.09 bits per heavy atom. The van der Waals surface area contributed by atoms with Gasteiger partial charge >= 0.3 is 0 Å². The van der Waals surface area contributed by atoms with Gasteiger partial charge in [0.15, 0.2) is 0 Å². The summed E-state index contributed by atoms with van der Waals surface area (Å²) in [5.74, 6) is 0.542. The van der Waals surface area contributed by atoms with Gasteiger partial charge in [-0.2, -0.15) is 0 Å². The highest BCUT2D eigenvalue weighted by Crippen LogP contribution is 2.19. The molecule has 2 aliphatic rings. The van der Waals surface area contributed by atoms with E-state index in [-0.39, 0.29) is 5.91 Å². The number of nitrogens with zero attached hydrogens (tertiary/aromatic N) is 1. The fraction of sp³-hybridized carbons (Fsp3) is 0.706. The fourth-order valence-corrected chi connectivity index (χ4v) is 3.27. The SMILES string of the molecule is C[Si](C)(C)CCOCC1C=CC(C(=O)N2CCOCC2)=CC1. The summed E-state index contributed by atoms with van der Waals surface area (Å²) in [4.78, 5) is 14.2. The number of allylic oxidation sites excluding steroid dienone is 1. The second-order valence-electron chi connectivity index (χ2n) is 7.30. The third kappa shape index (κ3) is 5.70. The Morgan fingerprint density at radius 3 is 2.68 bits per heavy atom. The number of carbonyl (C=O) groups excluding carboxylic acids is 1. The summed E-state index contributed by atoms with van der Waals surface area (Å²) in [6, 6.07) is 1.21. The molecular formula is C17H29NO3Si. The molecule has 1 unspecified atom stereocenters. The Labute approximate surface area is 135 Å². The maximum absolute atomic E-state index is 12.4. The number of hydrogen-bond acceptors (Lipinski definition) is 3. The summed E-state index contributed by atoms with van der Waals surface area (Å²) >= 11 is 0. The van der Waals surface area contributed by atoms with Crippen LogP contribution in [0.2, 0.25) is 25.7 Å². The molecule has 1 aliphatic carbocycles. The van der Waals surface area contributed by atoms with Gasteiger partial charge in [-0.3, -0.25) is 4.79 Å². The highest BCUT2D eigenvalue weighted by molar-refractivity contribution is 6.76. The van der Waals surface area contributed by atoms with Crippen molar-refractivity contribution < 1.29 is 14.3 Å². The van der Waals surface area contributed by atoms with Crippen LogP contribution in [0.3, 0.4) is 0 Å². The molecule has 0 saturated carbocycles. The van der Waals surface area contributed by atoms with E-state index in [1.54, 1.807) is 0 Å². The molecule has 0 aromatic carbocycles. The molecule has 0 N–H and O–H groups in total. The lowest BCUT2D eigenvalue weighted by Crippen LogP contribution is -2.41. The van der Waals surface area contributed by atoms with Gasteiger partial charge in [0, 0.05) is 39.3 Å². The molecule has 1 atom stereocenters. The van der Waals surface area contributed by atoms with Crippen LogP contribution in [0.4, 0.5) is 0 Å². The standard InChI is InChI=1S/C17H29NO3Si/c1-22(2,3)13-12-21-14-15-4-6-16(7-5-15)17(19)18-8-10-20-11-9-18/h4,6-7,15H,5,8-14H2,1-3H3. The zero-order valence-electron chi connectivity index (χ0n) is 14.1. The Hall–Kier alpha value is -0.913. The smallest absolute Gasteiger partial charge is 0.253 e. The molecular weight excluding hydrogens is 294 g/mol. The summed E-state index contributed by atoms with van der Waals surface area (Å²) in [5.41, 5.74) is 0.820. The van der Waals surface area contributed by atoms with Crippen molar-refractivity contribution >= 4 is 14.0 Å². The van der Waals surface area contributed by atoms with E-state index in [0.29, 0.717) is 32.2 Å². The van der Waals surface area contributed by atoms with Crippen LogP contribution in [0, 0.1) is 5.92 Å². The van der Waals surface area contributed by atoms with E-state index in [0.717, 1.165) is 25.2 Å². The number of carbonyl (C=O) groups is 1. The van der Waals surface area contributed by atoms with Crippen molar-refractivity contribution in [2.24, 2.45) is 5.92 Å². The molecule has 5 heteroatoms. The van der Waals surface area contributed by atoms with E-state index in [4.69, 9.17) is 9.47 Å². The van der Waals surface area contributed by atoms with Crippen LogP contribution >= 0.6 is 0 Å². The van der Waals surface area contributed by atoms with Crippen molar-refractivity contribution in [3.8, 4) is 0 Å². The zero-order valence-corrected chi connectivity index (χ0v) is 15.1. The fourth-order valence-electron chi connectivity index (χ4n) is 2.51. The minimum Gasteiger partial charge on any atom is -0.381 e. The Balaban J connectivity index is 1.71. The van der Waals surface area contributed by atoms with Gasteiger partial charge in [0.05, 0.1) is 19.8 Å². The second-order valence-corrected chi connectivity index (χ2v) is 12.9. The minimum absolute atomic E-state index is 0.137. The average molecular weight is 324 g/mol. The summed E-state index contributed by atoms with van der Waals surface area (Å²) < 4.78 is 11.1. The van der Waals surface area contributed by atoms with Crippen molar-refractivity contribution in [3.63, 3.8) is 0 Å². The van der Waals surface area contributed by atoms with Crippen molar-refractivity contribution in [2.75, 3.05) is 39.5 Å². The molecule has 0 bridgehead atoms. The van der Waals surface area contributed by atoms with E-state index in [1.807, 2.05) is 11.0 Å². The van der Waals surface area contributed by atoms with Gasteiger partial charge in [0.25, 0.3) is 5.91 Å². The molecule has 2 rings (SSSR count). The van der Waals surface area contributed by atoms with Crippen molar-refractivity contribution in [1.29, 1.82) is 0 Å². The van der Waals surface area contributed by atoms with Crippen molar-refractivity contribution in [2.45, 2.75) is 32.1 Å². The highest BCUT2D eigenvalue weighted by Gasteiger charge is 2.21. The molecule has 0 spiro atoms.